The average Bonchev–Trinajstić information content (AvgIpc) is 2.79. The highest BCUT2D eigenvalue weighted by atomic mass is 32.2. The summed E-state index contributed by atoms with van der Waals surface area (Å²) in [5, 5.41) is 3.41. The van der Waals surface area contributed by atoms with Crippen LogP contribution in [0.4, 0.5) is 0 Å². The van der Waals surface area contributed by atoms with Gasteiger partial charge in [-0.1, -0.05) is 25.1 Å². The van der Waals surface area contributed by atoms with Gasteiger partial charge < -0.3 is 10.1 Å². The van der Waals surface area contributed by atoms with Gasteiger partial charge >= 0.3 is 0 Å². The van der Waals surface area contributed by atoms with E-state index in [1.807, 2.05) is 18.8 Å². The molecule has 0 saturated carbocycles. The van der Waals surface area contributed by atoms with E-state index in [2.05, 4.69) is 36.5 Å². The van der Waals surface area contributed by atoms with E-state index < -0.39 is 0 Å². The maximum Gasteiger partial charge on any atom is 0.0625 e. The molecule has 1 aromatic rings. The summed E-state index contributed by atoms with van der Waals surface area (Å²) in [6.45, 7) is 3.82. The normalized spacial score (nSPS) is 20.2. The maximum atomic E-state index is 5.69. The van der Waals surface area contributed by atoms with Gasteiger partial charge in [0.15, 0.2) is 0 Å². The molecule has 0 radical (unpaired) electrons. The average molecular weight is 251 g/mol. The smallest absolute Gasteiger partial charge is 0.0625 e. The summed E-state index contributed by atoms with van der Waals surface area (Å²) in [5.74, 6) is 1.75. The Morgan fingerprint density at radius 3 is 3.06 bits per heavy atom. The van der Waals surface area contributed by atoms with Crippen molar-refractivity contribution >= 4 is 11.8 Å². The minimum atomic E-state index is 0.428. The Labute approximate surface area is 108 Å². The van der Waals surface area contributed by atoms with Crippen LogP contribution in [-0.2, 0) is 4.74 Å². The molecule has 0 amide bonds. The number of hydrogen-bond acceptors (Lipinski definition) is 3. The van der Waals surface area contributed by atoms with Crippen molar-refractivity contribution in [3.05, 3.63) is 29.8 Å². The molecule has 1 aromatic carbocycles. The largest absolute Gasteiger partial charge is 0.380 e. The molecule has 17 heavy (non-hydrogen) atoms. The van der Waals surface area contributed by atoms with Gasteiger partial charge in [-0.2, -0.15) is 0 Å². The molecular formula is C14H21NOS. The Morgan fingerprint density at radius 1 is 1.47 bits per heavy atom. The van der Waals surface area contributed by atoms with E-state index >= 15 is 0 Å². The van der Waals surface area contributed by atoms with Crippen LogP contribution >= 0.6 is 11.8 Å². The van der Waals surface area contributed by atoms with Crippen LogP contribution in [0.2, 0.25) is 0 Å². The van der Waals surface area contributed by atoms with E-state index in [1.165, 1.54) is 16.2 Å². The number of fused-ring (bicyclic) bond motifs is 1. The lowest BCUT2D eigenvalue weighted by Gasteiger charge is -2.23. The molecule has 1 N–H and O–H groups in total. The van der Waals surface area contributed by atoms with Crippen LogP contribution in [0.3, 0.4) is 0 Å². The van der Waals surface area contributed by atoms with Crippen LogP contribution in [0.5, 0.6) is 0 Å². The van der Waals surface area contributed by atoms with E-state index in [9.17, 15) is 0 Å². The van der Waals surface area contributed by atoms with Crippen molar-refractivity contribution in [1.82, 2.24) is 5.32 Å². The topological polar surface area (TPSA) is 21.3 Å². The molecule has 0 bridgehead atoms. The van der Waals surface area contributed by atoms with E-state index in [-0.39, 0.29) is 0 Å². The zero-order valence-corrected chi connectivity index (χ0v) is 11.4. The van der Waals surface area contributed by atoms with Crippen molar-refractivity contribution in [2.24, 2.45) is 0 Å². The Balaban J connectivity index is 2.01. The third-order valence-corrected chi connectivity index (χ3v) is 4.45. The quantitative estimate of drug-likeness (QED) is 0.786. The monoisotopic (exact) mass is 251 g/mol. The fourth-order valence-corrected chi connectivity index (χ4v) is 3.61. The molecule has 2 unspecified atom stereocenters. The molecule has 1 heterocycles. The summed E-state index contributed by atoms with van der Waals surface area (Å²) in [5.41, 5.74) is 1.48. The van der Waals surface area contributed by atoms with Crippen molar-refractivity contribution in [3.63, 3.8) is 0 Å². The van der Waals surface area contributed by atoms with E-state index in [0.29, 0.717) is 12.0 Å². The summed E-state index contributed by atoms with van der Waals surface area (Å²) >= 11 is 1.96. The molecule has 0 spiro atoms. The highest BCUT2D eigenvalue weighted by molar-refractivity contribution is 7.99. The molecular weight excluding hydrogens is 230 g/mol. The zero-order chi connectivity index (χ0) is 12.1. The van der Waals surface area contributed by atoms with Gasteiger partial charge in [0.25, 0.3) is 0 Å². The molecule has 0 saturated heterocycles. The lowest BCUT2D eigenvalue weighted by molar-refractivity contribution is 0.108. The number of rotatable bonds is 6. The van der Waals surface area contributed by atoms with Crippen molar-refractivity contribution in [2.45, 2.75) is 30.2 Å². The summed E-state index contributed by atoms with van der Waals surface area (Å²) < 4.78 is 5.69. The van der Waals surface area contributed by atoms with Gasteiger partial charge in [0.05, 0.1) is 6.61 Å². The molecule has 2 nitrogen and oxygen atoms in total. The Kier molecular flexibility index (Phi) is 4.89. The third-order valence-electron chi connectivity index (χ3n) is 3.24. The van der Waals surface area contributed by atoms with Gasteiger partial charge in [0.2, 0.25) is 0 Å². The number of nitrogens with one attached hydrogen (secondary N) is 1. The minimum Gasteiger partial charge on any atom is -0.380 e. The van der Waals surface area contributed by atoms with Gasteiger partial charge in [-0.3, -0.25) is 0 Å². The number of thioether (sulfide) groups is 1. The fraction of sp³-hybridized carbons (Fsp3) is 0.571. The second-order valence-corrected chi connectivity index (χ2v) is 5.49. The van der Waals surface area contributed by atoms with E-state index in [1.54, 1.807) is 0 Å². The van der Waals surface area contributed by atoms with Gasteiger partial charge in [0, 0.05) is 29.2 Å². The second kappa shape index (κ2) is 6.43. The highest BCUT2D eigenvalue weighted by Crippen LogP contribution is 2.40. The van der Waals surface area contributed by atoms with Crippen LogP contribution in [0.25, 0.3) is 0 Å². The van der Waals surface area contributed by atoms with Crippen molar-refractivity contribution in [2.75, 3.05) is 26.0 Å². The van der Waals surface area contributed by atoms with E-state index in [4.69, 9.17) is 4.74 Å². The molecule has 0 aromatic heterocycles. The number of hydrogen-bond donors (Lipinski definition) is 1. The second-order valence-electron chi connectivity index (χ2n) is 4.43. The highest BCUT2D eigenvalue weighted by Gasteiger charge is 2.29. The molecule has 3 heteroatoms. The van der Waals surface area contributed by atoms with Crippen molar-refractivity contribution in [1.29, 1.82) is 0 Å². The Bertz CT molecular complexity index is 356. The summed E-state index contributed by atoms with van der Waals surface area (Å²) in [4.78, 5) is 1.44. The van der Waals surface area contributed by atoms with Gasteiger partial charge in [-0.15, -0.1) is 11.8 Å². The maximum absolute atomic E-state index is 5.69. The predicted octanol–water partition coefficient (Wildman–Crippen LogP) is 2.89. The van der Waals surface area contributed by atoms with E-state index in [0.717, 1.165) is 19.6 Å². The van der Waals surface area contributed by atoms with Crippen LogP contribution in [0, 0.1) is 0 Å². The molecule has 1 aliphatic heterocycles. The number of likely N-dealkylation sites (N-methyl/N-ethyl adjacent to an activating group) is 1. The van der Waals surface area contributed by atoms with Crippen molar-refractivity contribution in [3.8, 4) is 0 Å². The first-order valence-electron chi connectivity index (χ1n) is 6.33. The van der Waals surface area contributed by atoms with Gasteiger partial charge in [0.1, 0.15) is 0 Å². The van der Waals surface area contributed by atoms with Crippen LogP contribution in [0.1, 0.15) is 24.8 Å². The summed E-state index contributed by atoms with van der Waals surface area (Å²) in [6.07, 6.45) is 1.09. The lowest BCUT2D eigenvalue weighted by Crippen LogP contribution is -2.36. The molecule has 1 aliphatic rings. The zero-order valence-electron chi connectivity index (χ0n) is 10.6. The number of ether oxygens (including phenoxy) is 1. The third kappa shape index (κ3) is 3.03. The summed E-state index contributed by atoms with van der Waals surface area (Å²) in [6, 6.07) is 9.16. The van der Waals surface area contributed by atoms with Crippen molar-refractivity contribution < 1.29 is 4.74 Å². The SMILES string of the molecule is CCCOCC(NC)C1CSc2ccccc21. The van der Waals surface area contributed by atoms with Crippen LogP contribution in [-0.4, -0.2) is 32.1 Å². The summed E-state index contributed by atoms with van der Waals surface area (Å²) in [7, 11) is 2.03. The molecule has 0 aliphatic carbocycles. The lowest BCUT2D eigenvalue weighted by atomic mass is 9.94. The molecule has 2 rings (SSSR count). The van der Waals surface area contributed by atoms with Crippen LogP contribution in [0.15, 0.2) is 29.2 Å². The minimum absolute atomic E-state index is 0.428. The molecule has 2 atom stereocenters. The fourth-order valence-electron chi connectivity index (χ4n) is 2.28. The predicted molar refractivity (Wildman–Crippen MR) is 73.9 cm³/mol. The first-order chi connectivity index (χ1) is 8.36. The Morgan fingerprint density at radius 2 is 2.29 bits per heavy atom. The van der Waals surface area contributed by atoms with Crippen LogP contribution < -0.4 is 5.32 Å². The molecule has 94 valence electrons. The van der Waals surface area contributed by atoms with Gasteiger partial charge in [-0.05, 0) is 25.1 Å². The number of benzene rings is 1. The first-order valence-corrected chi connectivity index (χ1v) is 7.32. The Hall–Kier alpha value is -0.510. The first kappa shape index (κ1) is 12.9. The van der Waals surface area contributed by atoms with Gasteiger partial charge in [-0.25, -0.2) is 0 Å². The molecule has 0 fully saturated rings. The standard InChI is InChI=1S/C14H21NOS/c1-3-8-16-9-13(15-2)12-10-17-14-7-5-4-6-11(12)14/h4-7,12-13,15H,3,8-10H2,1-2H3.